The topological polar surface area (TPSA) is 9.23 Å². The third kappa shape index (κ3) is 2.85. The molecule has 0 radical (unpaired) electrons. The van der Waals surface area contributed by atoms with Crippen molar-refractivity contribution in [1.82, 2.24) is 0 Å². The number of hydrogen-bond donors (Lipinski definition) is 0. The Morgan fingerprint density at radius 3 is 1.59 bits per heavy atom. The van der Waals surface area contributed by atoms with E-state index in [9.17, 15) is 22.0 Å². The molecule has 22 heavy (non-hydrogen) atoms. The maximum Gasteiger partial charge on any atom is 0.282 e. The van der Waals surface area contributed by atoms with E-state index in [-0.39, 0.29) is 0 Å². The lowest BCUT2D eigenvalue weighted by Gasteiger charge is -2.26. The quantitative estimate of drug-likeness (QED) is 0.355. The lowest BCUT2D eigenvalue weighted by atomic mass is 10.2. The zero-order valence-corrected chi connectivity index (χ0v) is 13.1. The average molecular weight is 332 g/mol. The number of aryl methyl sites for hydroxylation is 1. The zero-order valence-electron chi connectivity index (χ0n) is 12.1. The number of halogens is 5. The van der Waals surface area contributed by atoms with E-state index in [0.29, 0.717) is 5.75 Å². The highest BCUT2D eigenvalue weighted by atomic mass is 28.4. The Labute approximate surface area is 125 Å². The first-order valence-electron chi connectivity index (χ1n) is 6.42. The molecule has 0 N–H and O–H groups in total. The molecule has 7 heteroatoms. The Bertz CT molecular complexity index is 684. The van der Waals surface area contributed by atoms with Crippen LogP contribution in [-0.4, -0.2) is 8.32 Å². The molecule has 2 aromatic rings. The van der Waals surface area contributed by atoms with Crippen molar-refractivity contribution in [2.24, 2.45) is 0 Å². The molecule has 0 saturated carbocycles. The van der Waals surface area contributed by atoms with Crippen LogP contribution in [0.1, 0.15) is 5.56 Å². The van der Waals surface area contributed by atoms with Crippen LogP contribution in [0.5, 0.6) is 5.75 Å². The Morgan fingerprint density at radius 1 is 0.727 bits per heavy atom. The summed E-state index contributed by atoms with van der Waals surface area (Å²) in [6.07, 6.45) is 0. The summed E-state index contributed by atoms with van der Waals surface area (Å²) >= 11 is 0. The van der Waals surface area contributed by atoms with Crippen LogP contribution in [0, 0.1) is 36.0 Å². The summed E-state index contributed by atoms with van der Waals surface area (Å²) in [4.78, 5) is 0. The van der Waals surface area contributed by atoms with E-state index < -0.39 is 42.6 Å². The van der Waals surface area contributed by atoms with Crippen molar-refractivity contribution in [2.45, 2.75) is 20.0 Å². The third-order valence-electron chi connectivity index (χ3n) is 3.21. The van der Waals surface area contributed by atoms with E-state index in [4.69, 9.17) is 4.43 Å². The molecule has 0 saturated heterocycles. The molecule has 0 fully saturated rings. The SMILES string of the molecule is Cc1ccc(O[Si](C)(C)c2c(F)c(F)c(F)c(F)c2F)cc1. The molecule has 0 heterocycles. The molecule has 0 amide bonds. The molecule has 2 aromatic carbocycles. The lowest BCUT2D eigenvalue weighted by molar-refractivity contribution is 0.382. The summed E-state index contributed by atoms with van der Waals surface area (Å²) in [5.41, 5.74) is 0.947. The third-order valence-corrected chi connectivity index (χ3v) is 5.59. The first-order valence-corrected chi connectivity index (χ1v) is 9.33. The van der Waals surface area contributed by atoms with Gasteiger partial charge in [-0.1, -0.05) is 17.7 Å². The van der Waals surface area contributed by atoms with Gasteiger partial charge in [0.1, 0.15) is 5.75 Å². The standard InChI is InChI=1S/C15H13F5OSi/c1-8-4-6-9(7-5-8)21-22(2,3)15-13(19)11(17)10(16)12(18)14(15)20/h4-7H,1-3H3. The second kappa shape index (κ2) is 5.72. The van der Waals surface area contributed by atoms with Crippen LogP contribution < -0.4 is 9.61 Å². The minimum absolute atomic E-state index is 0.311. The van der Waals surface area contributed by atoms with Gasteiger partial charge < -0.3 is 4.43 Å². The number of rotatable bonds is 3. The minimum Gasteiger partial charge on any atom is -0.539 e. The summed E-state index contributed by atoms with van der Waals surface area (Å²) in [7, 11) is -3.41. The zero-order chi connectivity index (χ0) is 16.7. The van der Waals surface area contributed by atoms with Crippen molar-refractivity contribution in [3.05, 3.63) is 58.9 Å². The Balaban J connectivity index is 2.51. The predicted octanol–water partition coefficient (Wildman–Crippen LogP) is 4.18. The van der Waals surface area contributed by atoms with E-state index >= 15 is 0 Å². The predicted molar refractivity (Wildman–Crippen MR) is 75.2 cm³/mol. The molecule has 2 rings (SSSR count). The monoisotopic (exact) mass is 332 g/mol. The first-order chi connectivity index (χ1) is 10.1. The van der Waals surface area contributed by atoms with Crippen molar-refractivity contribution in [2.75, 3.05) is 0 Å². The maximum atomic E-state index is 13.9. The fourth-order valence-corrected chi connectivity index (χ4v) is 4.19. The Kier molecular flexibility index (Phi) is 4.28. The van der Waals surface area contributed by atoms with Gasteiger partial charge in [-0.15, -0.1) is 0 Å². The van der Waals surface area contributed by atoms with Crippen LogP contribution in [0.15, 0.2) is 24.3 Å². The molecular weight excluding hydrogens is 319 g/mol. The highest BCUT2D eigenvalue weighted by Gasteiger charge is 2.39. The summed E-state index contributed by atoms with van der Waals surface area (Å²) < 4.78 is 73.1. The van der Waals surface area contributed by atoms with Gasteiger partial charge in [0.05, 0.1) is 5.19 Å². The molecule has 0 bridgehead atoms. The van der Waals surface area contributed by atoms with Crippen molar-refractivity contribution >= 4 is 13.5 Å². The summed E-state index contributed by atoms with van der Waals surface area (Å²) in [5, 5.41) is -0.871. The summed E-state index contributed by atoms with van der Waals surface area (Å²) in [5.74, 6) is -9.44. The molecule has 0 unspecified atom stereocenters. The molecule has 0 aliphatic rings. The van der Waals surface area contributed by atoms with Gasteiger partial charge in [-0.3, -0.25) is 0 Å². The molecule has 1 nitrogen and oxygen atoms in total. The van der Waals surface area contributed by atoms with Crippen LogP contribution in [0.2, 0.25) is 13.1 Å². The Morgan fingerprint density at radius 2 is 1.14 bits per heavy atom. The molecule has 0 atom stereocenters. The van der Waals surface area contributed by atoms with E-state index in [1.165, 1.54) is 13.1 Å². The normalized spacial score (nSPS) is 11.6. The van der Waals surface area contributed by atoms with E-state index in [1.807, 2.05) is 6.92 Å². The highest BCUT2D eigenvalue weighted by Crippen LogP contribution is 2.22. The summed E-state index contributed by atoms with van der Waals surface area (Å²) in [6, 6.07) is 6.60. The van der Waals surface area contributed by atoms with Crippen LogP contribution in [0.25, 0.3) is 0 Å². The molecule has 0 spiro atoms. The van der Waals surface area contributed by atoms with Gasteiger partial charge in [0.2, 0.25) is 5.82 Å². The van der Waals surface area contributed by atoms with Gasteiger partial charge >= 0.3 is 0 Å². The van der Waals surface area contributed by atoms with Gasteiger partial charge in [-0.05, 0) is 32.2 Å². The first kappa shape index (κ1) is 16.5. The lowest BCUT2D eigenvalue weighted by Crippen LogP contribution is -2.52. The van der Waals surface area contributed by atoms with Crippen LogP contribution in [0.3, 0.4) is 0 Å². The van der Waals surface area contributed by atoms with Crippen LogP contribution >= 0.6 is 0 Å². The fraction of sp³-hybridized carbons (Fsp3) is 0.200. The van der Waals surface area contributed by atoms with Gasteiger partial charge in [0.15, 0.2) is 23.3 Å². The molecule has 118 valence electrons. The van der Waals surface area contributed by atoms with Crippen molar-refractivity contribution in [1.29, 1.82) is 0 Å². The van der Waals surface area contributed by atoms with Crippen molar-refractivity contribution < 1.29 is 26.4 Å². The maximum absolute atomic E-state index is 13.9. The largest absolute Gasteiger partial charge is 0.539 e. The van der Waals surface area contributed by atoms with E-state index in [2.05, 4.69) is 0 Å². The minimum atomic E-state index is -3.41. The van der Waals surface area contributed by atoms with Gasteiger partial charge in [-0.2, -0.15) is 0 Å². The second-order valence-electron chi connectivity index (χ2n) is 5.37. The van der Waals surface area contributed by atoms with Gasteiger partial charge in [0, 0.05) is 0 Å². The average Bonchev–Trinajstić information content (AvgIpc) is 2.45. The van der Waals surface area contributed by atoms with Crippen LogP contribution in [0.4, 0.5) is 22.0 Å². The van der Waals surface area contributed by atoms with Crippen molar-refractivity contribution in [3.8, 4) is 5.75 Å². The fourth-order valence-electron chi connectivity index (χ4n) is 2.09. The Hall–Kier alpha value is -1.89. The molecule has 0 aliphatic carbocycles. The smallest absolute Gasteiger partial charge is 0.282 e. The molecule has 0 aliphatic heterocycles. The van der Waals surface area contributed by atoms with Crippen molar-refractivity contribution in [3.63, 3.8) is 0 Å². The van der Waals surface area contributed by atoms with E-state index in [1.54, 1.807) is 24.3 Å². The molecule has 0 aromatic heterocycles. The number of hydrogen-bond acceptors (Lipinski definition) is 1. The highest BCUT2D eigenvalue weighted by molar-refractivity contribution is 6.85. The number of benzene rings is 2. The second-order valence-corrected chi connectivity index (χ2v) is 9.10. The molecular formula is C15H13F5OSi. The van der Waals surface area contributed by atoms with Gasteiger partial charge in [0.25, 0.3) is 8.32 Å². The summed E-state index contributed by atoms with van der Waals surface area (Å²) in [6.45, 7) is 4.58. The van der Waals surface area contributed by atoms with Gasteiger partial charge in [-0.25, -0.2) is 22.0 Å². The van der Waals surface area contributed by atoms with Crippen LogP contribution in [-0.2, 0) is 0 Å². The van der Waals surface area contributed by atoms with E-state index in [0.717, 1.165) is 5.56 Å².